The summed E-state index contributed by atoms with van der Waals surface area (Å²) in [5.74, 6) is 2.30. The van der Waals surface area contributed by atoms with Gasteiger partial charge in [0.25, 0.3) is 0 Å². The standard InChI is InChI=1S/C16H28N4OS/c1-10(2)20-14(6)17-18-16(20)22-13(5)15(21)19-8-11(3)7-12(4)9-19/h10-13H,7-9H2,1-6H3. The fourth-order valence-corrected chi connectivity index (χ4v) is 4.44. The summed E-state index contributed by atoms with van der Waals surface area (Å²) in [5.41, 5.74) is 0. The third-order valence-electron chi connectivity index (χ3n) is 4.16. The third-order valence-corrected chi connectivity index (χ3v) is 5.21. The van der Waals surface area contributed by atoms with E-state index in [-0.39, 0.29) is 11.2 Å². The Morgan fingerprint density at radius 3 is 2.32 bits per heavy atom. The Morgan fingerprint density at radius 2 is 1.77 bits per heavy atom. The van der Waals surface area contributed by atoms with Crippen LogP contribution in [0.2, 0.25) is 0 Å². The number of rotatable bonds is 4. The molecule has 0 radical (unpaired) electrons. The maximum absolute atomic E-state index is 12.7. The monoisotopic (exact) mass is 324 g/mol. The second kappa shape index (κ2) is 7.02. The minimum atomic E-state index is -0.126. The molecule has 22 heavy (non-hydrogen) atoms. The quantitative estimate of drug-likeness (QED) is 0.798. The van der Waals surface area contributed by atoms with Gasteiger partial charge in [-0.25, -0.2) is 0 Å². The van der Waals surface area contributed by atoms with E-state index in [9.17, 15) is 4.79 Å². The average Bonchev–Trinajstić information content (AvgIpc) is 2.77. The van der Waals surface area contributed by atoms with Gasteiger partial charge in [-0.1, -0.05) is 25.6 Å². The van der Waals surface area contributed by atoms with E-state index in [2.05, 4.69) is 42.5 Å². The van der Waals surface area contributed by atoms with Gasteiger partial charge in [-0.2, -0.15) is 0 Å². The van der Waals surface area contributed by atoms with Crippen molar-refractivity contribution in [2.45, 2.75) is 64.4 Å². The molecule has 0 aromatic carbocycles. The molecule has 1 amide bonds. The molecule has 5 nitrogen and oxygen atoms in total. The molecule has 1 saturated heterocycles. The zero-order valence-electron chi connectivity index (χ0n) is 14.5. The van der Waals surface area contributed by atoms with Gasteiger partial charge in [-0.15, -0.1) is 10.2 Å². The van der Waals surface area contributed by atoms with Crippen LogP contribution in [0.15, 0.2) is 5.16 Å². The van der Waals surface area contributed by atoms with E-state index in [4.69, 9.17) is 0 Å². The number of aromatic nitrogens is 3. The average molecular weight is 324 g/mol. The van der Waals surface area contributed by atoms with E-state index in [1.54, 1.807) is 0 Å². The second-order valence-electron chi connectivity index (χ2n) is 6.94. The molecule has 3 atom stereocenters. The third kappa shape index (κ3) is 3.83. The van der Waals surface area contributed by atoms with E-state index in [0.29, 0.717) is 17.9 Å². The largest absolute Gasteiger partial charge is 0.341 e. The summed E-state index contributed by atoms with van der Waals surface area (Å²) in [4.78, 5) is 14.8. The molecule has 1 aliphatic heterocycles. The van der Waals surface area contributed by atoms with Crippen LogP contribution in [0.1, 0.15) is 52.9 Å². The Balaban J connectivity index is 2.05. The summed E-state index contributed by atoms with van der Waals surface area (Å²) in [6, 6.07) is 0.301. The highest BCUT2D eigenvalue weighted by Gasteiger charge is 2.29. The normalized spacial score (nSPS) is 23.9. The first-order valence-corrected chi connectivity index (χ1v) is 9.04. The van der Waals surface area contributed by atoms with Gasteiger partial charge in [0, 0.05) is 19.1 Å². The zero-order chi connectivity index (χ0) is 16.4. The number of hydrogen-bond donors (Lipinski definition) is 0. The maximum atomic E-state index is 12.7. The fraction of sp³-hybridized carbons (Fsp3) is 0.812. The molecule has 0 aliphatic carbocycles. The van der Waals surface area contributed by atoms with Crippen LogP contribution in [-0.4, -0.2) is 43.9 Å². The molecule has 0 saturated carbocycles. The minimum Gasteiger partial charge on any atom is -0.341 e. The molecule has 2 rings (SSSR count). The molecular formula is C16H28N4OS. The van der Waals surface area contributed by atoms with Gasteiger partial charge < -0.3 is 9.47 Å². The highest BCUT2D eigenvalue weighted by atomic mass is 32.2. The number of carbonyl (C=O) groups excluding carboxylic acids is 1. The van der Waals surface area contributed by atoms with Crippen LogP contribution in [0, 0.1) is 18.8 Å². The van der Waals surface area contributed by atoms with Crippen molar-refractivity contribution in [3.05, 3.63) is 5.82 Å². The van der Waals surface area contributed by atoms with Crippen LogP contribution in [0.25, 0.3) is 0 Å². The molecule has 0 bridgehead atoms. The lowest BCUT2D eigenvalue weighted by Crippen LogP contribution is -2.45. The molecule has 1 aliphatic rings. The molecule has 0 N–H and O–H groups in total. The molecule has 1 fully saturated rings. The molecule has 124 valence electrons. The Morgan fingerprint density at radius 1 is 1.18 bits per heavy atom. The second-order valence-corrected chi connectivity index (χ2v) is 8.25. The molecule has 1 aromatic rings. The maximum Gasteiger partial charge on any atom is 0.235 e. The van der Waals surface area contributed by atoms with Crippen LogP contribution in [0.4, 0.5) is 0 Å². The predicted octanol–water partition coefficient (Wildman–Crippen LogP) is 3.15. The summed E-state index contributed by atoms with van der Waals surface area (Å²) in [6.45, 7) is 14.4. The van der Waals surface area contributed by atoms with Crippen LogP contribution in [-0.2, 0) is 4.79 Å². The van der Waals surface area contributed by atoms with Crippen molar-refractivity contribution < 1.29 is 4.79 Å². The first kappa shape index (κ1) is 17.3. The smallest absolute Gasteiger partial charge is 0.235 e. The Labute approximate surface area is 137 Å². The Bertz CT molecular complexity index is 518. The van der Waals surface area contributed by atoms with Gasteiger partial charge >= 0.3 is 0 Å². The van der Waals surface area contributed by atoms with Gasteiger partial charge in [0.15, 0.2) is 5.16 Å². The summed E-state index contributed by atoms with van der Waals surface area (Å²) in [6.07, 6.45) is 1.21. The van der Waals surface area contributed by atoms with Gasteiger partial charge in [0.05, 0.1) is 5.25 Å². The number of hydrogen-bond acceptors (Lipinski definition) is 4. The van der Waals surface area contributed by atoms with E-state index < -0.39 is 0 Å². The van der Waals surface area contributed by atoms with Crippen LogP contribution in [0.5, 0.6) is 0 Å². The fourth-order valence-electron chi connectivity index (χ4n) is 3.33. The van der Waals surface area contributed by atoms with Gasteiger partial charge in [0.2, 0.25) is 5.91 Å². The van der Waals surface area contributed by atoms with E-state index >= 15 is 0 Å². The van der Waals surface area contributed by atoms with Crippen LogP contribution >= 0.6 is 11.8 Å². The molecule has 3 unspecified atom stereocenters. The van der Waals surface area contributed by atoms with Crippen LogP contribution in [0.3, 0.4) is 0 Å². The van der Waals surface area contributed by atoms with Crippen molar-refractivity contribution in [1.82, 2.24) is 19.7 Å². The number of piperidine rings is 1. The topological polar surface area (TPSA) is 51.0 Å². The SMILES string of the molecule is Cc1nnc(SC(C)C(=O)N2CC(C)CC(C)C2)n1C(C)C. The van der Waals surface area contributed by atoms with Crippen molar-refractivity contribution in [3.63, 3.8) is 0 Å². The van der Waals surface area contributed by atoms with Gasteiger partial charge in [0.1, 0.15) is 5.82 Å². The lowest BCUT2D eigenvalue weighted by Gasteiger charge is -2.36. The molecule has 1 aromatic heterocycles. The highest BCUT2D eigenvalue weighted by molar-refractivity contribution is 8.00. The summed E-state index contributed by atoms with van der Waals surface area (Å²) >= 11 is 1.52. The predicted molar refractivity (Wildman–Crippen MR) is 90.0 cm³/mol. The molecule has 0 spiro atoms. The Hall–Kier alpha value is -1.04. The van der Waals surface area contributed by atoms with E-state index in [1.165, 1.54) is 18.2 Å². The number of nitrogens with zero attached hydrogens (tertiary/aromatic N) is 4. The summed E-state index contributed by atoms with van der Waals surface area (Å²) in [7, 11) is 0. The highest BCUT2D eigenvalue weighted by Crippen LogP contribution is 2.28. The molecular weight excluding hydrogens is 296 g/mol. The first-order valence-electron chi connectivity index (χ1n) is 8.16. The van der Waals surface area contributed by atoms with Crippen molar-refractivity contribution >= 4 is 17.7 Å². The number of thioether (sulfide) groups is 1. The number of likely N-dealkylation sites (tertiary alicyclic amines) is 1. The zero-order valence-corrected chi connectivity index (χ0v) is 15.4. The Kier molecular flexibility index (Phi) is 5.53. The number of carbonyl (C=O) groups is 1. The lowest BCUT2D eigenvalue weighted by atomic mass is 9.92. The number of aryl methyl sites for hydroxylation is 1. The molecule has 6 heteroatoms. The lowest BCUT2D eigenvalue weighted by molar-refractivity contribution is -0.132. The van der Waals surface area contributed by atoms with E-state index in [1.807, 2.05) is 18.7 Å². The molecule has 2 heterocycles. The first-order chi connectivity index (χ1) is 10.3. The van der Waals surface area contributed by atoms with Crippen molar-refractivity contribution in [2.24, 2.45) is 11.8 Å². The van der Waals surface area contributed by atoms with E-state index in [0.717, 1.165) is 24.1 Å². The minimum absolute atomic E-state index is 0.126. The summed E-state index contributed by atoms with van der Waals surface area (Å²) in [5, 5.41) is 9.11. The van der Waals surface area contributed by atoms with Crippen molar-refractivity contribution in [1.29, 1.82) is 0 Å². The van der Waals surface area contributed by atoms with Crippen LogP contribution < -0.4 is 0 Å². The number of amides is 1. The van der Waals surface area contributed by atoms with Crippen molar-refractivity contribution in [2.75, 3.05) is 13.1 Å². The van der Waals surface area contributed by atoms with Gasteiger partial charge in [-0.05, 0) is 46.0 Å². The van der Waals surface area contributed by atoms with Crippen molar-refractivity contribution in [3.8, 4) is 0 Å². The summed E-state index contributed by atoms with van der Waals surface area (Å²) < 4.78 is 2.09. The van der Waals surface area contributed by atoms with Gasteiger partial charge in [-0.3, -0.25) is 4.79 Å².